The van der Waals surface area contributed by atoms with E-state index in [0.717, 1.165) is 23.3 Å². The molecule has 0 saturated heterocycles. The molecule has 0 aliphatic carbocycles. The summed E-state index contributed by atoms with van der Waals surface area (Å²) in [5.74, 6) is 1.39. The van der Waals surface area contributed by atoms with Crippen LogP contribution < -0.4 is 20.1 Å². The maximum absolute atomic E-state index is 12.1. The fourth-order valence-corrected chi connectivity index (χ4v) is 3.71. The molecular formula is C21H30N4O3S. The number of hydrogen-bond acceptors (Lipinski definition) is 4. The van der Waals surface area contributed by atoms with Crippen molar-refractivity contribution >= 4 is 16.0 Å². The Morgan fingerprint density at radius 1 is 1.07 bits per heavy atom. The van der Waals surface area contributed by atoms with Crippen molar-refractivity contribution in [3.63, 3.8) is 0 Å². The van der Waals surface area contributed by atoms with Crippen molar-refractivity contribution in [3.8, 4) is 5.75 Å². The number of aryl methyl sites for hydroxylation is 1. The number of rotatable bonds is 10. The minimum atomic E-state index is -3.37. The number of benzene rings is 2. The van der Waals surface area contributed by atoms with E-state index in [4.69, 9.17) is 4.74 Å². The molecule has 7 nitrogen and oxygen atoms in total. The van der Waals surface area contributed by atoms with E-state index >= 15 is 0 Å². The van der Waals surface area contributed by atoms with Crippen molar-refractivity contribution in [2.75, 3.05) is 33.0 Å². The van der Waals surface area contributed by atoms with Crippen LogP contribution in [0.15, 0.2) is 53.5 Å². The van der Waals surface area contributed by atoms with Crippen molar-refractivity contribution in [2.45, 2.75) is 19.9 Å². The van der Waals surface area contributed by atoms with E-state index in [1.807, 2.05) is 49.4 Å². The minimum absolute atomic E-state index is 0.0355. The van der Waals surface area contributed by atoms with E-state index in [1.165, 1.54) is 5.56 Å². The summed E-state index contributed by atoms with van der Waals surface area (Å²) in [5.41, 5.74) is 3.22. The standard InChI is InChI=1S/C21H30N4O3S/c1-17-9-10-20(28-3)19(15-17)11-12-23-21(22-2)24-13-14-29(26,27)25-16-18-7-5-4-6-8-18/h4-10,15,25H,11-14,16H2,1-3H3,(H2,22,23,24). The van der Waals surface area contributed by atoms with Crippen molar-refractivity contribution in [3.05, 3.63) is 65.2 Å². The van der Waals surface area contributed by atoms with Crippen LogP contribution in [0.25, 0.3) is 0 Å². The smallest absolute Gasteiger partial charge is 0.213 e. The van der Waals surface area contributed by atoms with E-state index in [1.54, 1.807) is 14.2 Å². The summed E-state index contributed by atoms with van der Waals surface area (Å²) in [7, 11) is -0.0542. The number of guanidine groups is 1. The van der Waals surface area contributed by atoms with E-state index in [-0.39, 0.29) is 18.8 Å². The topological polar surface area (TPSA) is 91.8 Å². The molecule has 0 unspecified atom stereocenters. The quantitative estimate of drug-likeness (QED) is 0.404. The van der Waals surface area contributed by atoms with E-state index in [9.17, 15) is 8.42 Å². The summed E-state index contributed by atoms with van der Waals surface area (Å²) >= 11 is 0. The Kier molecular flexibility index (Phi) is 8.95. The fraction of sp³-hybridized carbons (Fsp3) is 0.381. The van der Waals surface area contributed by atoms with Crippen LogP contribution in [-0.2, 0) is 23.0 Å². The molecule has 0 amide bonds. The summed E-state index contributed by atoms with van der Waals surface area (Å²) in [6, 6.07) is 15.5. The van der Waals surface area contributed by atoms with E-state index in [0.29, 0.717) is 12.5 Å². The first-order valence-corrected chi connectivity index (χ1v) is 11.2. The monoisotopic (exact) mass is 418 g/mol. The molecule has 0 aliphatic rings. The molecule has 2 aromatic rings. The van der Waals surface area contributed by atoms with Crippen LogP contribution in [0, 0.1) is 6.92 Å². The summed E-state index contributed by atoms with van der Waals surface area (Å²) in [5, 5.41) is 6.24. The highest BCUT2D eigenvalue weighted by Crippen LogP contribution is 2.19. The minimum Gasteiger partial charge on any atom is -0.496 e. The first kappa shape index (κ1) is 22.7. The van der Waals surface area contributed by atoms with Gasteiger partial charge >= 0.3 is 0 Å². The van der Waals surface area contributed by atoms with Crippen molar-refractivity contribution in [1.82, 2.24) is 15.4 Å². The lowest BCUT2D eigenvalue weighted by Crippen LogP contribution is -2.41. The Bertz CT molecular complexity index is 899. The number of aliphatic imine (C=N–C) groups is 1. The fourth-order valence-electron chi connectivity index (χ4n) is 2.80. The van der Waals surface area contributed by atoms with Gasteiger partial charge in [0.2, 0.25) is 10.0 Å². The maximum atomic E-state index is 12.1. The van der Waals surface area contributed by atoms with Crippen molar-refractivity contribution in [2.24, 2.45) is 4.99 Å². The third-order valence-electron chi connectivity index (χ3n) is 4.35. The summed E-state index contributed by atoms with van der Waals surface area (Å²) in [6.07, 6.45) is 0.766. The molecule has 0 heterocycles. The van der Waals surface area contributed by atoms with Crippen LogP contribution in [0.3, 0.4) is 0 Å². The van der Waals surface area contributed by atoms with Gasteiger partial charge in [0.1, 0.15) is 5.75 Å². The van der Waals surface area contributed by atoms with Gasteiger partial charge in [-0.3, -0.25) is 4.99 Å². The third-order valence-corrected chi connectivity index (χ3v) is 5.67. The number of ether oxygens (including phenoxy) is 1. The molecule has 2 rings (SSSR count). The Labute approximate surface area is 173 Å². The van der Waals surface area contributed by atoms with Gasteiger partial charge in [-0.1, -0.05) is 48.0 Å². The highest BCUT2D eigenvalue weighted by Gasteiger charge is 2.10. The molecule has 29 heavy (non-hydrogen) atoms. The molecule has 3 N–H and O–H groups in total. The zero-order chi connectivity index (χ0) is 21.1. The molecule has 158 valence electrons. The third kappa shape index (κ3) is 8.13. The van der Waals surface area contributed by atoms with Gasteiger partial charge in [-0.2, -0.15) is 0 Å². The van der Waals surface area contributed by atoms with Crippen LogP contribution in [0.5, 0.6) is 5.75 Å². The zero-order valence-electron chi connectivity index (χ0n) is 17.2. The zero-order valence-corrected chi connectivity index (χ0v) is 18.1. The largest absolute Gasteiger partial charge is 0.496 e. The molecule has 2 aromatic carbocycles. The SMILES string of the molecule is CN=C(NCCc1cc(C)ccc1OC)NCCS(=O)(=O)NCc1ccccc1. The second-order valence-corrected chi connectivity index (χ2v) is 8.54. The summed E-state index contributed by atoms with van der Waals surface area (Å²) in [6.45, 7) is 3.24. The lowest BCUT2D eigenvalue weighted by molar-refractivity contribution is 0.409. The molecule has 0 saturated carbocycles. The highest BCUT2D eigenvalue weighted by atomic mass is 32.2. The van der Waals surface area contributed by atoms with Crippen molar-refractivity contribution < 1.29 is 13.2 Å². The van der Waals surface area contributed by atoms with Gasteiger partial charge in [0.25, 0.3) is 0 Å². The average Bonchev–Trinajstić information content (AvgIpc) is 2.72. The molecule has 0 aliphatic heterocycles. The van der Waals surface area contributed by atoms with Gasteiger partial charge in [-0.05, 0) is 30.5 Å². The van der Waals surface area contributed by atoms with Gasteiger partial charge in [0.15, 0.2) is 5.96 Å². The first-order valence-electron chi connectivity index (χ1n) is 9.53. The molecule has 0 bridgehead atoms. The molecule has 8 heteroatoms. The van der Waals surface area contributed by atoms with Crippen LogP contribution in [0.1, 0.15) is 16.7 Å². The summed E-state index contributed by atoms with van der Waals surface area (Å²) in [4.78, 5) is 4.14. The van der Waals surface area contributed by atoms with E-state index < -0.39 is 10.0 Å². The second kappa shape index (κ2) is 11.4. The van der Waals surface area contributed by atoms with Crippen LogP contribution in [0.4, 0.5) is 0 Å². The molecule has 0 spiro atoms. The predicted molar refractivity (Wildman–Crippen MR) is 118 cm³/mol. The average molecular weight is 419 g/mol. The normalized spacial score (nSPS) is 11.9. The lowest BCUT2D eigenvalue weighted by Gasteiger charge is -2.14. The lowest BCUT2D eigenvalue weighted by atomic mass is 10.1. The molecule has 0 fully saturated rings. The van der Waals surface area contributed by atoms with Gasteiger partial charge in [0, 0.05) is 26.7 Å². The molecule has 0 atom stereocenters. The van der Waals surface area contributed by atoms with E-state index in [2.05, 4.69) is 26.4 Å². The Morgan fingerprint density at radius 2 is 1.79 bits per heavy atom. The Hall–Kier alpha value is -2.58. The number of nitrogens with zero attached hydrogens (tertiary/aromatic N) is 1. The predicted octanol–water partition coefficient (Wildman–Crippen LogP) is 1.83. The number of methoxy groups -OCH3 is 1. The maximum Gasteiger partial charge on any atom is 0.213 e. The number of nitrogens with one attached hydrogen (secondary N) is 3. The Morgan fingerprint density at radius 3 is 2.48 bits per heavy atom. The molecule has 0 radical (unpaired) electrons. The summed E-state index contributed by atoms with van der Waals surface area (Å²) < 4.78 is 32.3. The Balaban J connectivity index is 1.74. The first-order chi connectivity index (χ1) is 13.9. The molecule has 0 aromatic heterocycles. The van der Waals surface area contributed by atoms with Crippen LogP contribution in [0.2, 0.25) is 0 Å². The van der Waals surface area contributed by atoms with Gasteiger partial charge in [-0.15, -0.1) is 0 Å². The van der Waals surface area contributed by atoms with Gasteiger partial charge in [0.05, 0.1) is 12.9 Å². The van der Waals surface area contributed by atoms with Crippen molar-refractivity contribution in [1.29, 1.82) is 0 Å². The van der Waals surface area contributed by atoms with Crippen LogP contribution in [-0.4, -0.2) is 47.4 Å². The van der Waals surface area contributed by atoms with Gasteiger partial charge in [-0.25, -0.2) is 13.1 Å². The number of hydrogen-bond donors (Lipinski definition) is 3. The molecular weight excluding hydrogens is 388 g/mol. The second-order valence-electron chi connectivity index (χ2n) is 6.62. The van der Waals surface area contributed by atoms with Crippen LogP contribution >= 0.6 is 0 Å². The highest BCUT2D eigenvalue weighted by molar-refractivity contribution is 7.89. The number of sulfonamides is 1. The van der Waals surface area contributed by atoms with Gasteiger partial charge < -0.3 is 15.4 Å².